The van der Waals surface area contributed by atoms with Gasteiger partial charge in [0.2, 0.25) is 5.78 Å². The van der Waals surface area contributed by atoms with Gasteiger partial charge in [-0.3, -0.25) is 4.79 Å². The third-order valence-electron chi connectivity index (χ3n) is 2.66. The van der Waals surface area contributed by atoms with E-state index in [1.54, 1.807) is 6.08 Å². The third-order valence-corrected chi connectivity index (χ3v) is 3.60. The molecule has 1 aromatic carbocycles. The molecule has 0 saturated heterocycles. The first-order chi connectivity index (χ1) is 10.4. The Bertz CT molecular complexity index is 572. The molecule has 1 atom stereocenters. The maximum absolute atomic E-state index is 12.1. The Morgan fingerprint density at radius 2 is 1.52 bits per heavy atom. The molecule has 0 radical (unpaired) electrons. The van der Waals surface area contributed by atoms with Crippen LogP contribution in [0.2, 0.25) is 19.6 Å². The van der Waals surface area contributed by atoms with Crippen LogP contribution in [0.4, 0.5) is 0 Å². The van der Waals surface area contributed by atoms with E-state index in [9.17, 15) is 4.79 Å². The van der Waals surface area contributed by atoms with Crippen LogP contribution in [0.3, 0.4) is 0 Å². The van der Waals surface area contributed by atoms with Crippen molar-refractivity contribution in [2.45, 2.75) is 25.2 Å². The summed E-state index contributed by atoms with van der Waals surface area (Å²) in [7, 11) is -1.79. The van der Waals surface area contributed by atoms with Gasteiger partial charge < -0.3 is 4.43 Å². The molecule has 0 spiro atoms. The zero-order valence-corrected chi connectivity index (χ0v) is 15.3. The summed E-state index contributed by atoms with van der Waals surface area (Å²) in [5.41, 5.74) is 0.846. The van der Waals surface area contributed by atoms with E-state index in [2.05, 4.69) is 46.2 Å². The topological polar surface area (TPSA) is 86.0 Å². The second-order valence-electron chi connectivity index (χ2n) is 5.03. The van der Waals surface area contributed by atoms with Crippen LogP contribution in [-0.2, 0) is 41.3 Å². The van der Waals surface area contributed by atoms with Crippen molar-refractivity contribution in [3.63, 3.8) is 0 Å². The van der Waals surface area contributed by atoms with Crippen molar-refractivity contribution in [2.24, 2.45) is 0 Å². The van der Waals surface area contributed by atoms with Crippen molar-refractivity contribution < 1.29 is 40.5 Å². The number of hydrogen-bond donors (Lipinski definition) is 0. The molecule has 0 heterocycles. The minimum atomic E-state index is -1.79. The molecule has 0 N–H and O–H groups in total. The van der Waals surface area contributed by atoms with Crippen LogP contribution in [0, 0.1) is 20.0 Å². The second-order valence-corrected chi connectivity index (χ2v) is 9.46. The largest absolute Gasteiger partial charge is 6.00 e. The predicted molar refractivity (Wildman–Crippen MR) is 78.9 cm³/mol. The molecule has 1 aliphatic carbocycles. The Hall–Kier alpha value is -1.44. The van der Waals surface area contributed by atoms with Gasteiger partial charge in [-0.2, -0.15) is 0 Å². The van der Waals surface area contributed by atoms with Crippen molar-refractivity contribution in [2.75, 3.05) is 0 Å². The molecule has 2 rings (SSSR count). The fourth-order valence-corrected chi connectivity index (χ4v) is 3.35. The number of carbonyl (C=O) groups is 1. The van der Waals surface area contributed by atoms with Gasteiger partial charge in [0.25, 0.3) is 0 Å². The average molecular weight is 368 g/mol. The molecule has 1 aromatic rings. The van der Waals surface area contributed by atoms with Gasteiger partial charge in [0, 0.05) is 11.1 Å². The fourth-order valence-electron chi connectivity index (χ4n) is 2.09. The standard InChI is InChI=1S/C13H16O2Si.3CO.Cr/c1-5-13(15-16(2,3)4)11-9-7-6-8-10(11)12(13)14;3*1-2;/h5-9H,1H2,2-4H3;;;;/q;;;;+6. The number of fused-ring (bicyclic) bond motifs is 1. The summed E-state index contributed by atoms with van der Waals surface area (Å²) in [6.45, 7) is 23.5. The van der Waals surface area contributed by atoms with E-state index in [1.807, 2.05) is 24.3 Å². The molecule has 0 saturated carbocycles. The van der Waals surface area contributed by atoms with Gasteiger partial charge in [-0.15, -0.1) is 0 Å². The van der Waals surface area contributed by atoms with E-state index >= 15 is 0 Å². The van der Waals surface area contributed by atoms with Crippen LogP contribution in [0.1, 0.15) is 15.9 Å². The van der Waals surface area contributed by atoms with Crippen molar-refractivity contribution in [3.8, 4) is 0 Å². The van der Waals surface area contributed by atoms with Crippen LogP contribution in [0.5, 0.6) is 0 Å². The molecule has 1 unspecified atom stereocenters. The predicted octanol–water partition coefficient (Wildman–Crippen LogP) is 3.00. The summed E-state index contributed by atoms with van der Waals surface area (Å²) in [4.78, 5) is 12.1. The first kappa shape index (κ1) is 26.5. The van der Waals surface area contributed by atoms with Gasteiger partial charge in [-0.25, -0.2) is 0 Å². The molecule has 5 nitrogen and oxygen atoms in total. The van der Waals surface area contributed by atoms with Gasteiger partial charge >= 0.3 is 51.3 Å². The van der Waals surface area contributed by atoms with E-state index in [0.29, 0.717) is 0 Å². The van der Waals surface area contributed by atoms with E-state index in [0.717, 1.165) is 11.1 Å². The summed E-state index contributed by atoms with van der Waals surface area (Å²) in [5, 5.41) is 0. The molecule has 0 aromatic heterocycles. The fraction of sp³-hybridized carbons (Fsp3) is 0.250. The van der Waals surface area contributed by atoms with E-state index < -0.39 is 13.9 Å². The van der Waals surface area contributed by atoms with Gasteiger partial charge in [0.15, 0.2) is 13.9 Å². The molecular weight excluding hydrogens is 352 g/mol. The van der Waals surface area contributed by atoms with Crippen molar-refractivity contribution >= 4 is 14.1 Å². The summed E-state index contributed by atoms with van der Waals surface area (Å²) >= 11 is 0. The molecule has 0 amide bonds. The van der Waals surface area contributed by atoms with Crippen LogP contribution < -0.4 is 0 Å². The van der Waals surface area contributed by atoms with Crippen molar-refractivity contribution in [3.05, 3.63) is 68.0 Å². The Labute approximate surface area is 148 Å². The van der Waals surface area contributed by atoms with E-state index in [4.69, 9.17) is 18.4 Å². The number of rotatable bonds is 3. The third kappa shape index (κ3) is 5.93. The molecule has 1 aliphatic rings. The van der Waals surface area contributed by atoms with Gasteiger partial charge in [0.05, 0.1) is 0 Å². The van der Waals surface area contributed by atoms with Crippen LogP contribution in [0.25, 0.3) is 0 Å². The van der Waals surface area contributed by atoms with Gasteiger partial charge in [-0.1, -0.05) is 30.8 Å². The first-order valence-electron chi connectivity index (χ1n) is 6.00. The first-order valence-corrected chi connectivity index (χ1v) is 9.41. The van der Waals surface area contributed by atoms with Crippen molar-refractivity contribution in [1.29, 1.82) is 0 Å². The van der Waals surface area contributed by atoms with Crippen molar-refractivity contribution in [1.82, 2.24) is 0 Å². The summed E-state index contributed by atoms with van der Waals surface area (Å²) < 4.78 is 28.5. The quantitative estimate of drug-likeness (QED) is 0.355. The number of ketones is 1. The monoisotopic (exact) mass is 368 g/mol. The zero-order valence-electron chi connectivity index (χ0n) is 13.0. The average Bonchev–Trinajstić information content (AvgIpc) is 2.57. The Morgan fingerprint density at radius 3 is 1.91 bits per heavy atom. The molecule has 0 aliphatic heterocycles. The van der Waals surface area contributed by atoms with Crippen LogP contribution in [0.15, 0.2) is 36.9 Å². The summed E-state index contributed by atoms with van der Waals surface area (Å²) in [6, 6.07) is 7.58. The second kappa shape index (κ2) is 12.0. The van der Waals surface area contributed by atoms with Gasteiger partial charge in [0.1, 0.15) is 0 Å². The molecular formula is C16H16CrO5Si+6. The van der Waals surface area contributed by atoms with E-state index in [1.165, 1.54) is 0 Å². The number of benzene rings is 1. The molecule has 114 valence electrons. The molecule has 0 fully saturated rings. The maximum atomic E-state index is 12.1. The molecule has 7 heteroatoms. The van der Waals surface area contributed by atoms with Gasteiger partial charge in [-0.05, 0) is 25.7 Å². The Balaban J connectivity index is -0.000000514. The van der Waals surface area contributed by atoms with Crippen LogP contribution in [-0.4, -0.2) is 14.1 Å². The number of carbonyl (C=O) groups excluding carboxylic acids is 1. The molecule has 0 bridgehead atoms. The smallest absolute Gasteiger partial charge is 6.00 e. The summed E-state index contributed by atoms with van der Waals surface area (Å²) in [5.74, 6) is 0.0422. The number of Topliss-reactive ketones (excluding diaryl/α,β-unsaturated/α-hetero) is 1. The van der Waals surface area contributed by atoms with Crippen LogP contribution >= 0.6 is 0 Å². The Kier molecular flexibility index (Phi) is 13.8. The maximum Gasteiger partial charge on any atom is 6.00 e. The normalized spacial score (nSPS) is 16.7. The Morgan fingerprint density at radius 1 is 1.09 bits per heavy atom. The summed E-state index contributed by atoms with van der Waals surface area (Å²) in [6.07, 6.45) is 1.63. The molecule has 23 heavy (non-hydrogen) atoms. The number of hydrogen-bond acceptors (Lipinski definition) is 2. The minimum absolute atomic E-state index is 0. The van der Waals surface area contributed by atoms with E-state index in [-0.39, 0.29) is 23.1 Å². The zero-order chi connectivity index (χ0) is 18.0. The minimum Gasteiger partial charge on any atom is 6.00 e. The SMILES string of the molecule is C=CC1(O[Si](C)(C)C)C(=O)c2ccccc21.[C-]#[O+].[C-]#[O+].[C-]#[O+].[Cr+6].